The molecule has 0 aromatic heterocycles. The number of methoxy groups -OCH3 is 1. The van der Waals surface area contributed by atoms with Crippen molar-refractivity contribution in [2.75, 3.05) is 23.1 Å². The van der Waals surface area contributed by atoms with Gasteiger partial charge in [0.05, 0.1) is 18.4 Å². The summed E-state index contributed by atoms with van der Waals surface area (Å²) in [5.41, 5.74) is 2.19. The average Bonchev–Trinajstić information content (AvgIpc) is 2.80. The average molecular weight is 417 g/mol. The van der Waals surface area contributed by atoms with Crippen LogP contribution in [0.5, 0.6) is 5.75 Å². The zero-order chi connectivity index (χ0) is 22.2. The molecule has 3 aromatic carbocycles. The van der Waals surface area contributed by atoms with Crippen LogP contribution < -0.4 is 20.7 Å². The molecule has 3 N–H and O–H groups in total. The standard InChI is InChI=1S/C24H23N3O4/c1-3-22(28)25-18-8-6-7-16(15-18)23(29)27-21-10-5-4-9-20(21)24(30)26-17-11-13-19(31-2)14-12-17/h4-15H,3H2,1-2H3,(H,25,28)(H,26,30)(H,27,29). The molecule has 0 bridgehead atoms. The van der Waals surface area contributed by atoms with E-state index in [0.717, 1.165) is 0 Å². The van der Waals surface area contributed by atoms with Gasteiger partial charge in [-0.1, -0.05) is 25.1 Å². The predicted octanol–water partition coefficient (Wildman–Crippen LogP) is 4.55. The second-order valence-corrected chi connectivity index (χ2v) is 6.66. The van der Waals surface area contributed by atoms with E-state index in [1.165, 1.54) is 0 Å². The fourth-order valence-electron chi connectivity index (χ4n) is 2.84. The third-order valence-corrected chi connectivity index (χ3v) is 4.50. The van der Waals surface area contributed by atoms with E-state index < -0.39 is 5.91 Å². The molecule has 0 unspecified atom stereocenters. The lowest BCUT2D eigenvalue weighted by Gasteiger charge is -2.12. The highest BCUT2D eigenvalue weighted by Gasteiger charge is 2.15. The summed E-state index contributed by atoms with van der Waals surface area (Å²) in [5.74, 6) is -0.205. The summed E-state index contributed by atoms with van der Waals surface area (Å²) >= 11 is 0. The first-order chi connectivity index (χ1) is 15.0. The van der Waals surface area contributed by atoms with Gasteiger partial charge in [-0.25, -0.2) is 0 Å². The summed E-state index contributed by atoms with van der Waals surface area (Å²) in [6.45, 7) is 1.75. The Balaban J connectivity index is 1.75. The molecule has 0 aliphatic carbocycles. The van der Waals surface area contributed by atoms with Crippen LogP contribution in [-0.2, 0) is 4.79 Å². The third-order valence-electron chi connectivity index (χ3n) is 4.50. The van der Waals surface area contributed by atoms with Crippen LogP contribution in [0.15, 0.2) is 72.8 Å². The van der Waals surface area contributed by atoms with Crippen molar-refractivity contribution in [2.45, 2.75) is 13.3 Å². The number of carbonyl (C=O) groups excluding carboxylic acids is 3. The zero-order valence-electron chi connectivity index (χ0n) is 17.3. The van der Waals surface area contributed by atoms with Crippen LogP contribution in [0.2, 0.25) is 0 Å². The van der Waals surface area contributed by atoms with Crippen LogP contribution in [0, 0.1) is 0 Å². The quantitative estimate of drug-likeness (QED) is 0.525. The summed E-state index contributed by atoms with van der Waals surface area (Å²) in [7, 11) is 1.57. The maximum atomic E-state index is 12.8. The van der Waals surface area contributed by atoms with Gasteiger partial charge in [-0.2, -0.15) is 0 Å². The predicted molar refractivity (Wildman–Crippen MR) is 121 cm³/mol. The smallest absolute Gasteiger partial charge is 0.257 e. The van der Waals surface area contributed by atoms with E-state index in [4.69, 9.17) is 4.74 Å². The molecule has 0 saturated carbocycles. The van der Waals surface area contributed by atoms with Crippen LogP contribution >= 0.6 is 0 Å². The highest BCUT2D eigenvalue weighted by Crippen LogP contribution is 2.21. The molecule has 0 aliphatic heterocycles. The van der Waals surface area contributed by atoms with E-state index in [1.807, 2.05) is 0 Å². The number of hydrogen-bond donors (Lipinski definition) is 3. The summed E-state index contributed by atoms with van der Waals surface area (Å²) in [5, 5.41) is 8.30. The molecule has 158 valence electrons. The Bertz CT molecular complexity index is 1090. The van der Waals surface area contributed by atoms with Crippen molar-refractivity contribution in [1.82, 2.24) is 0 Å². The summed E-state index contributed by atoms with van der Waals surface area (Å²) < 4.78 is 5.12. The van der Waals surface area contributed by atoms with Crippen LogP contribution in [0.1, 0.15) is 34.1 Å². The van der Waals surface area contributed by atoms with E-state index in [0.29, 0.717) is 40.4 Å². The molecule has 0 radical (unpaired) electrons. The van der Waals surface area contributed by atoms with Crippen molar-refractivity contribution in [1.29, 1.82) is 0 Å². The van der Waals surface area contributed by atoms with E-state index in [2.05, 4.69) is 16.0 Å². The third kappa shape index (κ3) is 5.70. The fourth-order valence-corrected chi connectivity index (χ4v) is 2.84. The number of ether oxygens (including phenoxy) is 1. The van der Waals surface area contributed by atoms with Gasteiger partial charge in [-0.05, 0) is 54.6 Å². The Morgan fingerprint density at radius 3 is 2.23 bits per heavy atom. The van der Waals surface area contributed by atoms with Crippen LogP contribution in [-0.4, -0.2) is 24.8 Å². The van der Waals surface area contributed by atoms with Crippen molar-refractivity contribution in [3.05, 3.63) is 83.9 Å². The number of amides is 3. The molecule has 3 amide bonds. The summed E-state index contributed by atoms with van der Waals surface area (Å²) in [6.07, 6.45) is 0.340. The largest absolute Gasteiger partial charge is 0.497 e. The fraction of sp³-hybridized carbons (Fsp3) is 0.125. The van der Waals surface area contributed by atoms with Gasteiger partial charge in [0.1, 0.15) is 5.75 Å². The molecule has 3 aromatic rings. The van der Waals surface area contributed by atoms with E-state index in [9.17, 15) is 14.4 Å². The zero-order valence-corrected chi connectivity index (χ0v) is 17.3. The minimum Gasteiger partial charge on any atom is -0.497 e. The van der Waals surface area contributed by atoms with E-state index in [-0.39, 0.29) is 11.8 Å². The number of carbonyl (C=O) groups is 3. The van der Waals surface area contributed by atoms with Gasteiger partial charge in [0.2, 0.25) is 5.91 Å². The summed E-state index contributed by atoms with van der Waals surface area (Å²) in [4.78, 5) is 37.1. The Morgan fingerprint density at radius 1 is 0.774 bits per heavy atom. The SMILES string of the molecule is CCC(=O)Nc1cccc(C(=O)Nc2ccccc2C(=O)Nc2ccc(OC)cc2)c1. The molecule has 0 aliphatic rings. The molecule has 0 spiro atoms. The Labute approximate surface area is 180 Å². The lowest BCUT2D eigenvalue weighted by molar-refractivity contribution is -0.115. The Kier molecular flexibility index (Phi) is 7.01. The normalized spacial score (nSPS) is 10.1. The Hall–Kier alpha value is -4.13. The molecule has 0 saturated heterocycles. The first-order valence-electron chi connectivity index (χ1n) is 9.76. The van der Waals surface area contributed by atoms with Crippen LogP contribution in [0.4, 0.5) is 17.1 Å². The second-order valence-electron chi connectivity index (χ2n) is 6.66. The van der Waals surface area contributed by atoms with Gasteiger partial charge < -0.3 is 20.7 Å². The molecule has 31 heavy (non-hydrogen) atoms. The van der Waals surface area contributed by atoms with Gasteiger partial charge >= 0.3 is 0 Å². The first-order valence-corrected chi connectivity index (χ1v) is 9.76. The number of para-hydroxylation sites is 1. The topological polar surface area (TPSA) is 96.5 Å². The molecule has 3 rings (SSSR count). The molecule has 7 heteroatoms. The van der Waals surface area contributed by atoms with Gasteiger partial charge in [0.15, 0.2) is 0 Å². The maximum Gasteiger partial charge on any atom is 0.257 e. The molecule has 0 atom stereocenters. The van der Waals surface area contributed by atoms with Gasteiger partial charge in [-0.15, -0.1) is 0 Å². The maximum absolute atomic E-state index is 12.8. The monoisotopic (exact) mass is 417 g/mol. The number of hydrogen-bond acceptors (Lipinski definition) is 4. The number of nitrogens with one attached hydrogen (secondary N) is 3. The van der Waals surface area contributed by atoms with Gasteiger partial charge in [-0.3, -0.25) is 14.4 Å². The first kappa shape index (κ1) is 21.6. The highest BCUT2D eigenvalue weighted by molar-refractivity contribution is 6.12. The molecular weight excluding hydrogens is 394 g/mol. The van der Waals surface area contributed by atoms with Gasteiger partial charge in [0, 0.05) is 23.4 Å². The minimum absolute atomic E-state index is 0.141. The summed E-state index contributed by atoms with van der Waals surface area (Å²) in [6, 6.07) is 20.3. The van der Waals surface area contributed by atoms with E-state index >= 15 is 0 Å². The number of anilines is 3. The van der Waals surface area contributed by atoms with Crippen molar-refractivity contribution in [3.63, 3.8) is 0 Å². The highest BCUT2D eigenvalue weighted by atomic mass is 16.5. The van der Waals surface area contributed by atoms with Gasteiger partial charge in [0.25, 0.3) is 11.8 Å². The lowest BCUT2D eigenvalue weighted by Crippen LogP contribution is -2.18. The molecule has 0 fully saturated rings. The minimum atomic E-state index is -0.391. The van der Waals surface area contributed by atoms with Crippen LogP contribution in [0.25, 0.3) is 0 Å². The van der Waals surface area contributed by atoms with Crippen molar-refractivity contribution < 1.29 is 19.1 Å². The van der Waals surface area contributed by atoms with Crippen molar-refractivity contribution in [2.24, 2.45) is 0 Å². The molecule has 7 nitrogen and oxygen atoms in total. The van der Waals surface area contributed by atoms with E-state index in [1.54, 1.807) is 86.8 Å². The molecular formula is C24H23N3O4. The van der Waals surface area contributed by atoms with Crippen LogP contribution in [0.3, 0.4) is 0 Å². The second kappa shape index (κ2) is 10.1. The lowest BCUT2D eigenvalue weighted by atomic mass is 10.1. The number of benzene rings is 3. The van der Waals surface area contributed by atoms with Crippen molar-refractivity contribution in [3.8, 4) is 5.75 Å². The Morgan fingerprint density at radius 2 is 1.52 bits per heavy atom. The molecule has 0 heterocycles. The van der Waals surface area contributed by atoms with Crippen molar-refractivity contribution >= 4 is 34.8 Å². The number of rotatable bonds is 7.